The van der Waals surface area contributed by atoms with E-state index in [1.54, 1.807) is 0 Å². The van der Waals surface area contributed by atoms with E-state index in [1.165, 1.54) is 23.6 Å². The maximum absolute atomic E-state index is 6.00. The van der Waals surface area contributed by atoms with E-state index in [2.05, 4.69) is 32.2 Å². The molecule has 0 bridgehead atoms. The smallest absolute Gasteiger partial charge is 0.199 e. The van der Waals surface area contributed by atoms with E-state index in [1.807, 2.05) is 0 Å². The second kappa shape index (κ2) is 3.96. The summed E-state index contributed by atoms with van der Waals surface area (Å²) < 4.78 is 6.00. The molecule has 1 fully saturated rings. The topological polar surface area (TPSA) is 9.23 Å². The first-order valence-electron chi connectivity index (χ1n) is 4.38. The molecule has 0 N–H and O–H groups in total. The van der Waals surface area contributed by atoms with Crippen LogP contribution in [0, 0.1) is 0 Å². The van der Waals surface area contributed by atoms with Gasteiger partial charge in [0.25, 0.3) is 0 Å². The molecule has 1 atom stereocenters. The summed E-state index contributed by atoms with van der Waals surface area (Å²) in [6, 6.07) is 1.37. The van der Waals surface area contributed by atoms with Gasteiger partial charge in [0, 0.05) is 11.5 Å². The second-order valence-electron chi connectivity index (χ2n) is 3.77. The Hall–Kier alpha value is 0.527. The third kappa shape index (κ3) is 3.17. The van der Waals surface area contributed by atoms with Gasteiger partial charge in [-0.2, -0.15) is 11.8 Å². The number of hydrogen-bond donors (Lipinski definition) is 0. The van der Waals surface area contributed by atoms with Crippen LogP contribution in [0.2, 0.25) is 12.6 Å². The van der Waals surface area contributed by atoms with Crippen molar-refractivity contribution in [3.63, 3.8) is 0 Å². The SMILES string of the molecule is CC(C)O[Si]1(C)CCCSC1. The van der Waals surface area contributed by atoms with E-state index < -0.39 is 8.32 Å². The van der Waals surface area contributed by atoms with Gasteiger partial charge in [-0.1, -0.05) is 0 Å². The van der Waals surface area contributed by atoms with Crippen LogP contribution in [0.5, 0.6) is 0 Å². The molecule has 1 heterocycles. The number of thioether (sulfide) groups is 1. The van der Waals surface area contributed by atoms with Gasteiger partial charge in [0.15, 0.2) is 8.32 Å². The minimum absolute atomic E-state index is 0.436. The lowest BCUT2D eigenvalue weighted by Crippen LogP contribution is -2.42. The van der Waals surface area contributed by atoms with Crippen LogP contribution in [-0.4, -0.2) is 25.6 Å². The predicted octanol–water partition coefficient (Wildman–Crippen LogP) is 2.66. The number of rotatable bonds is 2. The molecule has 11 heavy (non-hydrogen) atoms. The van der Waals surface area contributed by atoms with Crippen molar-refractivity contribution in [3.05, 3.63) is 0 Å². The predicted molar refractivity (Wildman–Crippen MR) is 54.6 cm³/mol. The van der Waals surface area contributed by atoms with Gasteiger partial charge in [0.05, 0.1) is 0 Å². The van der Waals surface area contributed by atoms with Crippen molar-refractivity contribution < 1.29 is 4.43 Å². The van der Waals surface area contributed by atoms with Crippen LogP contribution >= 0.6 is 11.8 Å². The Morgan fingerprint density at radius 2 is 2.18 bits per heavy atom. The summed E-state index contributed by atoms with van der Waals surface area (Å²) in [6.45, 7) is 6.67. The molecular weight excluding hydrogens is 172 g/mol. The molecule has 1 saturated heterocycles. The molecule has 0 saturated carbocycles. The minimum atomic E-state index is -1.24. The van der Waals surface area contributed by atoms with Crippen LogP contribution < -0.4 is 0 Å². The van der Waals surface area contributed by atoms with Crippen molar-refractivity contribution in [3.8, 4) is 0 Å². The largest absolute Gasteiger partial charge is 0.414 e. The van der Waals surface area contributed by atoms with Crippen molar-refractivity contribution in [2.75, 3.05) is 11.1 Å². The average Bonchev–Trinajstić information content (AvgIpc) is 1.85. The monoisotopic (exact) mass is 190 g/mol. The van der Waals surface area contributed by atoms with Crippen molar-refractivity contribution in [1.29, 1.82) is 0 Å². The maximum atomic E-state index is 6.00. The first-order chi connectivity index (χ1) is 5.12. The summed E-state index contributed by atoms with van der Waals surface area (Å²) in [7, 11) is -1.24. The van der Waals surface area contributed by atoms with Crippen molar-refractivity contribution >= 4 is 20.1 Å². The highest BCUT2D eigenvalue weighted by molar-refractivity contribution is 8.01. The first kappa shape index (κ1) is 9.61. The summed E-state index contributed by atoms with van der Waals surface area (Å²) in [5.74, 6) is 1.35. The van der Waals surface area contributed by atoms with Gasteiger partial charge >= 0.3 is 0 Å². The molecule has 1 rings (SSSR count). The van der Waals surface area contributed by atoms with Crippen molar-refractivity contribution in [1.82, 2.24) is 0 Å². The first-order valence-corrected chi connectivity index (χ1v) is 8.36. The summed E-state index contributed by atoms with van der Waals surface area (Å²) in [4.78, 5) is 0. The van der Waals surface area contributed by atoms with Crippen LogP contribution in [0.3, 0.4) is 0 Å². The van der Waals surface area contributed by atoms with Gasteiger partial charge < -0.3 is 4.43 Å². The molecular formula is C8H18OSSi. The average molecular weight is 190 g/mol. The molecule has 1 aliphatic heterocycles. The molecule has 0 amide bonds. The quantitative estimate of drug-likeness (QED) is 0.619. The van der Waals surface area contributed by atoms with Gasteiger partial charge in [0.1, 0.15) is 0 Å². The third-order valence-electron chi connectivity index (χ3n) is 1.92. The van der Waals surface area contributed by atoms with E-state index in [-0.39, 0.29) is 0 Å². The molecule has 1 aliphatic rings. The van der Waals surface area contributed by atoms with Crippen molar-refractivity contribution in [2.24, 2.45) is 0 Å². The van der Waals surface area contributed by atoms with Crippen LogP contribution in [-0.2, 0) is 4.43 Å². The molecule has 0 aromatic rings. The van der Waals surface area contributed by atoms with Crippen LogP contribution in [0.4, 0.5) is 0 Å². The zero-order valence-electron chi connectivity index (χ0n) is 7.72. The molecule has 1 unspecified atom stereocenters. The van der Waals surface area contributed by atoms with E-state index in [0.717, 1.165) is 0 Å². The molecule has 3 heteroatoms. The maximum Gasteiger partial charge on any atom is 0.199 e. The molecule has 66 valence electrons. The van der Waals surface area contributed by atoms with Gasteiger partial charge in [0.2, 0.25) is 0 Å². The minimum Gasteiger partial charge on any atom is -0.414 e. The Kier molecular flexibility index (Phi) is 3.46. The molecule has 0 aromatic heterocycles. The number of hydrogen-bond acceptors (Lipinski definition) is 2. The Morgan fingerprint density at radius 3 is 2.64 bits per heavy atom. The van der Waals surface area contributed by atoms with E-state index >= 15 is 0 Å². The fraction of sp³-hybridized carbons (Fsp3) is 1.00. The van der Waals surface area contributed by atoms with E-state index in [4.69, 9.17) is 4.43 Å². The Balaban J connectivity index is 2.37. The van der Waals surface area contributed by atoms with Crippen LogP contribution in [0.15, 0.2) is 0 Å². The van der Waals surface area contributed by atoms with Gasteiger partial charge in [-0.3, -0.25) is 0 Å². The van der Waals surface area contributed by atoms with E-state index in [0.29, 0.717) is 6.10 Å². The molecule has 0 radical (unpaired) electrons. The highest BCUT2D eigenvalue weighted by Gasteiger charge is 2.32. The fourth-order valence-electron chi connectivity index (χ4n) is 1.57. The highest BCUT2D eigenvalue weighted by atomic mass is 32.2. The lowest BCUT2D eigenvalue weighted by molar-refractivity contribution is 0.230. The van der Waals surface area contributed by atoms with Crippen molar-refractivity contribution in [2.45, 2.75) is 39.0 Å². The standard InChI is InChI=1S/C8H18OSSi/c1-8(2)9-11(3)6-4-5-10-7-11/h8H,4-7H2,1-3H3. The molecule has 1 nitrogen and oxygen atoms in total. The normalized spacial score (nSPS) is 32.7. The Labute approximate surface area is 75.0 Å². The molecule has 0 aromatic carbocycles. The van der Waals surface area contributed by atoms with Crippen LogP contribution in [0.1, 0.15) is 20.3 Å². The summed E-state index contributed by atoms with van der Waals surface area (Å²) in [5.41, 5.74) is 0. The lowest BCUT2D eigenvalue weighted by Gasteiger charge is -2.32. The zero-order chi connectivity index (χ0) is 8.32. The lowest BCUT2D eigenvalue weighted by atomic mass is 10.5. The van der Waals surface area contributed by atoms with Crippen LogP contribution in [0.25, 0.3) is 0 Å². The summed E-state index contributed by atoms with van der Waals surface area (Å²) in [6.07, 6.45) is 1.81. The zero-order valence-corrected chi connectivity index (χ0v) is 9.54. The van der Waals surface area contributed by atoms with Gasteiger partial charge in [-0.25, -0.2) is 0 Å². The third-order valence-corrected chi connectivity index (χ3v) is 8.21. The highest BCUT2D eigenvalue weighted by Crippen LogP contribution is 2.27. The summed E-state index contributed by atoms with van der Waals surface area (Å²) in [5, 5.41) is 1.31. The van der Waals surface area contributed by atoms with E-state index in [9.17, 15) is 0 Å². The molecule has 0 aliphatic carbocycles. The van der Waals surface area contributed by atoms with Gasteiger partial charge in [-0.15, -0.1) is 0 Å². The second-order valence-corrected chi connectivity index (χ2v) is 9.38. The Morgan fingerprint density at radius 1 is 1.45 bits per heavy atom. The fourth-order valence-corrected chi connectivity index (χ4v) is 7.51. The Bertz CT molecular complexity index is 121. The summed E-state index contributed by atoms with van der Waals surface area (Å²) >= 11 is 2.08. The molecule has 0 spiro atoms. The van der Waals surface area contributed by atoms with Gasteiger partial charge in [-0.05, 0) is 38.6 Å².